The lowest BCUT2D eigenvalue weighted by Crippen LogP contribution is -2.58. The van der Waals surface area contributed by atoms with Crippen LogP contribution in [0.2, 0.25) is 0 Å². The summed E-state index contributed by atoms with van der Waals surface area (Å²) in [5, 5.41) is 11.1. The van der Waals surface area contributed by atoms with Crippen LogP contribution in [-0.2, 0) is 14.3 Å². The Labute approximate surface area is 182 Å². The molecule has 0 saturated heterocycles. The number of carbonyl (C=O) groups excluding carboxylic acids is 2. The minimum absolute atomic E-state index is 0.0385. The van der Waals surface area contributed by atoms with Gasteiger partial charge in [0.15, 0.2) is 0 Å². The van der Waals surface area contributed by atoms with Crippen molar-refractivity contribution in [2.24, 2.45) is 46.3 Å². The van der Waals surface area contributed by atoms with Gasteiger partial charge in [-0.3, -0.25) is 9.59 Å². The minimum atomic E-state index is -0.311. The molecular weight excluding hydrogens is 376 g/mol. The second-order valence-corrected chi connectivity index (χ2v) is 11.7. The van der Waals surface area contributed by atoms with Gasteiger partial charge in [-0.05, 0) is 79.4 Å². The summed E-state index contributed by atoms with van der Waals surface area (Å²) in [6.45, 7) is 10.8. The number of carbonyl (C=O) groups is 2. The quantitative estimate of drug-likeness (QED) is 0.640. The maximum Gasteiger partial charge on any atom is 0.302 e. The van der Waals surface area contributed by atoms with Crippen LogP contribution in [0.3, 0.4) is 0 Å². The van der Waals surface area contributed by atoms with E-state index < -0.39 is 0 Å². The van der Waals surface area contributed by atoms with E-state index in [0.29, 0.717) is 35.4 Å². The van der Waals surface area contributed by atoms with E-state index in [0.717, 1.165) is 57.8 Å². The van der Waals surface area contributed by atoms with Crippen molar-refractivity contribution < 1.29 is 19.4 Å². The molecule has 4 aliphatic carbocycles. The molecule has 30 heavy (non-hydrogen) atoms. The molecule has 0 bridgehead atoms. The van der Waals surface area contributed by atoms with Gasteiger partial charge in [-0.2, -0.15) is 0 Å². The van der Waals surface area contributed by atoms with E-state index in [-0.39, 0.29) is 34.9 Å². The largest absolute Gasteiger partial charge is 0.462 e. The summed E-state index contributed by atoms with van der Waals surface area (Å²) in [6.07, 6.45) is 8.25. The monoisotopic (exact) mass is 418 g/mol. The lowest BCUT2D eigenvalue weighted by molar-refractivity contribution is -0.170. The molecule has 0 aromatic rings. The number of ether oxygens (including phenoxy) is 1. The SMILES string of the molecule is CCC[C@H](O)[C@H]1C[C@H](OC(C)=O)[C@@]2(C)CC[C@H]3[C@@H](CC[C@H]4CC(=O)C[C@H](C)[C@@]43C)[C@H]12. The van der Waals surface area contributed by atoms with Gasteiger partial charge in [-0.1, -0.05) is 34.1 Å². The van der Waals surface area contributed by atoms with E-state index in [1.807, 2.05) is 0 Å². The second kappa shape index (κ2) is 7.90. The third-order valence-corrected chi connectivity index (χ3v) is 10.4. The molecule has 0 unspecified atom stereocenters. The predicted octanol–water partition coefficient (Wildman–Crippen LogP) is 5.16. The molecule has 0 aromatic heterocycles. The Morgan fingerprint density at radius 2 is 1.97 bits per heavy atom. The Kier molecular flexibility index (Phi) is 5.87. The number of hydrogen-bond acceptors (Lipinski definition) is 4. The van der Waals surface area contributed by atoms with Gasteiger partial charge in [0.1, 0.15) is 11.9 Å². The van der Waals surface area contributed by atoms with Crippen LogP contribution in [0.5, 0.6) is 0 Å². The van der Waals surface area contributed by atoms with Crippen LogP contribution in [-0.4, -0.2) is 29.1 Å². The molecule has 0 aromatic carbocycles. The summed E-state index contributed by atoms with van der Waals surface area (Å²) in [4.78, 5) is 24.2. The lowest BCUT2D eigenvalue weighted by Gasteiger charge is -2.62. The topological polar surface area (TPSA) is 63.6 Å². The fraction of sp³-hybridized carbons (Fsp3) is 0.923. The Hall–Kier alpha value is -0.900. The normalized spacial score (nSPS) is 49.0. The number of ketones is 1. The zero-order valence-corrected chi connectivity index (χ0v) is 19.7. The van der Waals surface area contributed by atoms with E-state index >= 15 is 0 Å². The minimum Gasteiger partial charge on any atom is -0.462 e. The summed E-state index contributed by atoms with van der Waals surface area (Å²) >= 11 is 0. The zero-order chi connectivity index (χ0) is 21.8. The fourth-order valence-corrected chi connectivity index (χ4v) is 8.89. The molecule has 4 fully saturated rings. The standard InChI is InChI=1S/C26H42O4/c1-6-7-22(29)20-14-23(30-16(3)27)25(4)11-10-21-19(24(20)25)9-8-17-13-18(28)12-15(2)26(17,21)5/h15,17,19-24,29H,6-14H2,1-5H3/t15-,17-,19+,20+,21-,22-,23-,24+,25+,26-/m0/s1. The second-order valence-electron chi connectivity index (χ2n) is 11.7. The summed E-state index contributed by atoms with van der Waals surface area (Å²) in [5.41, 5.74) is 0.182. The van der Waals surface area contributed by atoms with Gasteiger partial charge >= 0.3 is 5.97 Å². The maximum absolute atomic E-state index is 12.3. The van der Waals surface area contributed by atoms with E-state index in [1.165, 1.54) is 6.92 Å². The highest BCUT2D eigenvalue weighted by Gasteiger charge is 2.65. The van der Waals surface area contributed by atoms with Crippen LogP contribution in [0.15, 0.2) is 0 Å². The molecule has 170 valence electrons. The highest BCUT2D eigenvalue weighted by atomic mass is 16.5. The molecule has 0 radical (unpaired) electrons. The van der Waals surface area contributed by atoms with Crippen molar-refractivity contribution in [1.29, 1.82) is 0 Å². The molecule has 4 nitrogen and oxygen atoms in total. The van der Waals surface area contributed by atoms with Crippen LogP contribution in [0, 0.1) is 46.3 Å². The Morgan fingerprint density at radius 3 is 2.63 bits per heavy atom. The van der Waals surface area contributed by atoms with Crippen LogP contribution < -0.4 is 0 Å². The molecule has 0 heterocycles. The Bertz CT molecular complexity index is 689. The van der Waals surface area contributed by atoms with E-state index in [2.05, 4.69) is 27.7 Å². The molecule has 0 spiro atoms. The molecule has 4 rings (SSSR count). The average molecular weight is 419 g/mol. The first-order valence-corrected chi connectivity index (χ1v) is 12.5. The van der Waals surface area contributed by atoms with Gasteiger partial charge in [0.25, 0.3) is 0 Å². The first-order valence-electron chi connectivity index (χ1n) is 12.5. The lowest BCUT2D eigenvalue weighted by atomic mass is 9.42. The van der Waals surface area contributed by atoms with Crippen LogP contribution in [0.25, 0.3) is 0 Å². The van der Waals surface area contributed by atoms with Gasteiger partial charge in [0.2, 0.25) is 0 Å². The summed E-state index contributed by atoms with van der Waals surface area (Å²) < 4.78 is 5.89. The molecule has 4 saturated carbocycles. The number of aliphatic hydroxyl groups excluding tert-OH is 1. The molecule has 10 atom stereocenters. The number of fused-ring (bicyclic) bond motifs is 5. The summed E-state index contributed by atoms with van der Waals surface area (Å²) in [7, 11) is 0. The first kappa shape index (κ1) is 22.3. The maximum atomic E-state index is 12.3. The van der Waals surface area contributed by atoms with E-state index in [4.69, 9.17) is 4.74 Å². The van der Waals surface area contributed by atoms with Crippen molar-refractivity contribution in [2.45, 2.75) is 105 Å². The first-order chi connectivity index (χ1) is 14.1. The van der Waals surface area contributed by atoms with Crippen molar-refractivity contribution in [3.63, 3.8) is 0 Å². The smallest absolute Gasteiger partial charge is 0.302 e. The van der Waals surface area contributed by atoms with Crippen molar-refractivity contribution in [3.8, 4) is 0 Å². The molecule has 4 heteroatoms. The molecule has 4 aliphatic rings. The number of esters is 1. The van der Waals surface area contributed by atoms with Crippen molar-refractivity contribution in [2.75, 3.05) is 0 Å². The predicted molar refractivity (Wildman–Crippen MR) is 117 cm³/mol. The van der Waals surface area contributed by atoms with Crippen molar-refractivity contribution >= 4 is 11.8 Å². The van der Waals surface area contributed by atoms with Crippen molar-refractivity contribution in [3.05, 3.63) is 0 Å². The summed E-state index contributed by atoms with van der Waals surface area (Å²) in [5.74, 6) is 3.02. The molecular formula is C26H42O4. The average Bonchev–Trinajstić information content (AvgIpc) is 2.95. The van der Waals surface area contributed by atoms with Gasteiger partial charge in [-0.15, -0.1) is 0 Å². The van der Waals surface area contributed by atoms with Crippen LogP contribution in [0.1, 0.15) is 92.4 Å². The van der Waals surface area contributed by atoms with E-state index in [1.54, 1.807) is 0 Å². The third kappa shape index (κ3) is 3.27. The highest BCUT2D eigenvalue weighted by Crippen LogP contribution is 2.68. The number of rotatable bonds is 4. The Morgan fingerprint density at radius 1 is 1.23 bits per heavy atom. The Balaban J connectivity index is 1.69. The summed E-state index contributed by atoms with van der Waals surface area (Å²) in [6, 6.07) is 0. The molecule has 0 amide bonds. The van der Waals surface area contributed by atoms with Gasteiger partial charge < -0.3 is 9.84 Å². The van der Waals surface area contributed by atoms with Gasteiger partial charge in [0, 0.05) is 25.2 Å². The molecule has 1 N–H and O–H groups in total. The van der Waals surface area contributed by atoms with Crippen LogP contribution >= 0.6 is 0 Å². The number of hydrogen-bond donors (Lipinski definition) is 1. The van der Waals surface area contributed by atoms with E-state index in [9.17, 15) is 14.7 Å². The highest BCUT2D eigenvalue weighted by molar-refractivity contribution is 5.80. The zero-order valence-electron chi connectivity index (χ0n) is 19.7. The number of Topliss-reactive ketones (excluding diaryl/α,β-unsaturated/α-hetero) is 1. The van der Waals surface area contributed by atoms with Crippen molar-refractivity contribution in [1.82, 2.24) is 0 Å². The van der Waals surface area contributed by atoms with Gasteiger partial charge in [0.05, 0.1) is 6.10 Å². The fourth-order valence-electron chi connectivity index (χ4n) is 8.89. The van der Waals surface area contributed by atoms with Gasteiger partial charge in [-0.25, -0.2) is 0 Å². The third-order valence-electron chi connectivity index (χ3n) is 10.4. The van der Waals surface area contributed by atoms with Crippen LogP contribution in [0.4, 0.5) is 0 Å². The number of aliphatic hydroxyl groups is 1. The molecule has 0 aliphatic heterocycles.